The number of nitrogens with zero attached hydrogens (tertiary/aromatic N) is 1. The Labute approximate surface area is 200 Å². The molecule has 5 heteroatoms. The molecule has 0 spiro atoms. The summed E-state index contributed by atoms with van der Waals surface area (Å²) < 4.78 is 10.8. The summed E-state index contributed by atoms with van der Waals surface area (Å²) >= 11 is 0. The van der Waals surface area contributed by atoms with Crippen LogP contribution in [0, 0.1) is 11.3 Å². The van der Waals surface area contributed by atoms with E-state index in [4.69, 9.17) is 9.47 Å². The van der Waals surface area contributed by atoms with Gasteiger partial charge in [-0.3, -0.25) is 14.5 Å². The molecule has 0 amide bonds. The van der Waals surface area contributed by atoms with Crippen molar-refractivity contribution in [1.82, 2.24) is 4.90 Å². The van der Waals surface area contributed by atoms with Crippen molar-refractivity contribution in [2.45, 2.75) is 85.3 Å². The molecule has 0 heterocycles. The average molecular weight is 458 g/mol. The highest BCUT2D eigenvalue weighted by Gasteiger charge is 2.49. The highest BCUT2D eigenvalue weighted by molar-refractivity contribution is 5.84. The first-order valence-electron chi connectivity index (χ1n) is 12.2. The fraction of sp³-hybridized carbons (Fsp3) is 0.643. The molecule has 1 aliphatic carbocycles. The third kappa shape index (κ3) is 7.17. The number of methoxy groups -OCH3 is 1. The molecule has 1 fully saturated rings. The number of carbonyl (C=O) groups is 2. The van der Waals surface area contributed by atoms with Gasteiger partial charge in [0.15, 0.2) is 0 Å². The van der Waals surface area contributed by atoms with E-state index in [1.54, 1.807) is 0 Å². The molecule has 1 saturated carbocycles. The van der Waals surface area contributed by atoms with E-state index in [1.807, 2.05) is 20.8 Å². The van der Waals surface area contributed by atoms with Gasteiger partial charge in [0.05, 0.1) is 18.9 Å². The molecule has 0 N–H and O–H groups in total. The van der Waals surface area contributed by atoms with Gasteiger partial charge in [-0.05, 0) is 83.0 Å². The molecule has 184 valence electrons. The number of rotatable bonds is 9. The zero-order chi connectivity index (χ0) is 24.8. The zero-order valence-corrected chi connectivity index (χ0v) is 21.7. The lowest BCUT2D eigenvalue weighted by Crippen LogP contribution is -2.42. The Hall–Kier alpha value is -2.14. The van der Waals surface area contributed by atoms with Crippen LogP contribution in [0.15, 0.2) is 36.4 Å². The molecule has 0 saturated heterocycles. The molecule has 33 heavy (non-hydrogen) atoms. The Bertz CT molecular complexity index is 819. The number of ether oxygens (including phenoxy) is 2. The number of hydrogen-bond acceptors (Lipinski definition) is 5. The number of hydrogen-bond donors (Lipinski definition) is 0. The summed E-state index contributed by atoms with van der Waals surface area (Å²) in [4.78, 5) is 28.2. The van der Waals surface area contributed by atoms with E-state index in [0.717, 1.165) is 31.6 Å². The second-order valence-corrected chi connectivity index (χ2v) is 10.5. The molecular formula is C28H43NO4. The molecule has 0 unspecified atom stereocenters. The summed E-state index contributed by atoms with van der Waals surface area (Å²) in [6.45, 7) is 19.1. The molecule has 3 atom stereocenters. The molecule has 0 aromatic heterocycles. The van der Waals surface area contributed by atoms with Gasteiger partial charge in [-0.2, -0.15) is 0 Å². The van der Waals surface area contributed by atoms with Crippen molar-refractivity contribution in [3.8, 4) is 0 Å². The first-order valence-corrected chi connectivity index (χ1v) is 12.2. The number of carbonyl (C=O) groups excluding carboxylic acids is 2. The van der Waals surface area contributed by atoms with Crippen molar-refractivity contribution in [2.75, 3.05) is 20.2 Å². The van der Waals surface area contributed by atoms with Crippen LogP contribution in [0.3, 0.4) is 0 Å². The van der Waals surface area contributed by atoms with E-state index >= 15 is 0 Å². The van der Waals surface area contributed by atoms with E-state index in [9.17, 15) is 9.59 Å². The maximum atomic E-state index is 13.0. The van der Waals surface area contributed by atoms with Crippen LogP contribution < -0.4 is 0 Å². The molecule has 5 nitrogen and oxygen atoms in total. The summed E-state index contributed by atoms with van der Waals surface area (Å²) in [7, 11) is 1.40. The van der Waals surface area contributed by atoms with Crippen LogP contribution in [0.4, 0.5) is 0 Å². The van der Waals surface area contributed by atoms with E-state index < -0.39 is 11.0 Å². The van der Waals surface area contributed by atoms with Gasteiger partial charge in [0.2, 0.25) is 0 Å². The van der Waals surface area contributed by atoms with Crippen LogP contribution in [-0.4, -0.2) is 42.6 Å². The number of benzene rings is 1. The summed E-state index contributed by atoms with van der Waals surface area (Å²) in [6, 6.07) is 8.73. The minimum atomic E-state index is -0.881. The second-order valence-electron chi connectivity index (χ2n) is 10.5. The highest BCUT2D eigenvalue weighted by atomic mass is 16.6. The van der Waals surface area contributed by atoms with Crippen molar-refractivity contribution in [1.29, 1.82) is 0 Å². The molecule has 1 aliphatic rings. The molecule has 0 radical (unpaired) electrons. The summed E-state index contributed by atoms with van der Waals surface area (Å²) in [5, 5.41) is 0. The van der Waals surface area contributed by atoms with Crippen LogP contribution in [0.2, 0.25) is 0 Å². The van der Waals surface area contributed by atoms with E-state index in [-0.39, 0.29) is 30.2 Å². The maximum absolute atomic E-state index is 13.0. The van der Waals surface area contributed by atoms with Crippen LogP contribution in [0.1, 0.15) is 84.3 Å². The Morgan fingerprint density at radius 3 is 2.24 bits per heavy atom. The summed E-state index contributed by atoms with van der Waals surface area (Å²) in [5.41, 5.74) is 2.10. The minimum absolute atomic E-state index is 0.0381. The second kappa shape index (κ2) is 11.3. The van der Waals surface area contributed by atoms with Crippen molar-refractivity contribution in [3.63, 3.8) is 0 Å². The van der Waals surface area contributed by atoms with Gasteiger partial charge in [0, 0.05) is 6.54 Å². The van der Waals surface area contributed by atoms with Crippen molar-refractivity contribution in [3.05, 3.63) is 47.5 Å². The smallest absolute Gasteiger partial charge is 0.312 e. The fourth-order valence-electron chi connectivity index (χ4n) is 5.10. The first kappa shape index (κ1) is 27.1. The van der Waals surface area contributed by atoms with E-state index in [2.05, 4.69) is 56.5 Å². The SMILES string of the molecule is C=C(C)[C@@H]1CC[C@](CC(=O)OC(C)(C)C)(C(=O)OC)C[C@H]1c1ccc(CN(CC)CC)cc1. The Balaban J connectivity index is 2.34. The van der Waals surface area contributed by atoms with Crippen molar-refractivity contribution >= 4 is 11.9 Å². The third-order valence-corrected chi connectivity index (χ3v) is 6.89. The van der Waals surface area contributed by atoms with Gasteiger partial charge in [-0.15, -0.1) is 0 Å². The fourth-order valence-corrected chi connectivity index (χ4v) is 5.10. The van der Waals surface area contributed by atoms with Crippen LogP contribution in [-0.2, 0) is 25.6 Å². The minimum Gasteiger partial charge on any atom is -0.469 e. The highest BCUT2D eigenvalue weighted by Crippen LogP contribution is 2.51. The lowest BCUT2D eigenvalue weighted by Gasteiger charge is -2.43. The molecule has 1 aromatic rings. The van der Waals surface area contributed by atoms with Crippen LogP contribution in [0.5, 0.6) is 0 Å². The largest absolute Gasteiger partial charge is 0.469 e. The number of allylic oxidation sites excluding steroid dienone is 1. The van der Waals surface area contributed by atoms with Gasteiger partial charge in [-0.25, -0.2) is 0 Å². The Morgan fingerprint density at radius 2 is 1.76 bits per heavy atom. The monoisotopic (exact) mass is 457 g/mol. The molecule has 0 bridgehead atoms. The predicted octanol–water partition coefficient (Wildman–Crippen LogP) is 5.88. The maximum Gasteiger partial charge on any atom is 0.312 e. The van der Waals surface area contributed by atoms with Crippen LogP contribution >= 0.6 is 0 Å². The molecule has 2 rings (SSSR count). The lowest BCUT2D eigenvalue weighted by molar-refractivity contribution is -0.169. The topological polar surface area (TPSA) is 55.8 Å². The quantitative estimate of drug-likeness (QED) is 0.342. The average Bonchev–Trinajstić information content (AvgIpc) is 2.75. The first-order chi connectivity index (χ1) is 15.4. The van der Waals surface area contributed by atoms with Gasteiger partial charge in [-0.1, -0.05) is 50.3 Å². The zero-order valence-electron chi connectivity index (χ0n) is 21.7. The van der Waals surface area contributed by atoms with Gasteiger partial charge in [0.25, 0.3) is 0 Å². The van der Waals surface area contributed by atoms with Gasteiger partial charge in [0.1, 0.15) is 5.60 Å². The van der Waals surface area contributed by atoms with E-state index in [0.29, 0.717) is 12.8 Å². The summed E-state index contributed by atoms with van der Waals surface area (Å²) in [6.07, 6.45) is 1.97. The van der Waals surface area contributed by atoms with Gasteiger partial charge >= 0.3 is 11.9 Å². The third-order valence-electron chi connectivity index (χ3n) is 6.89. The van der Waals surface area contributed by atoms with Crippen molar-refractivity contribution in [2.24, 2.45) is 11.3 Å². The molecular weight excluding hydrogens is 414 g/mol. The molecule has 1 aromatic carbocycles. The normalized spacial score (nSPS) is 23.3. The lowest BCUT2D eigenvalue weighted by atomic mass is 9.60. The predicted molar refractivity (Wildman–Crippen MR) is 133 cm³/mol. The standard InChI is InChI=1S/C28H43NO4/c1-9-29(10-2)19-21-11-13-22(14-12-21)24-17-28(26(31)32-8,16-15-23(24)20(3)4)18-25(30)33-27(5,6)7/h11-14,23-24H,3,9-10,15-19H2,1-2,4-8H3/t23-,24-,28-/m0/s1. The molecule has 0 aliphatic heterocycles. The van der Waals surface area contributed by atoms with E-state index in [1.165, 1.54) is 18.2 Å². The van der Waals surface area contributed by atoms with Crippen LogP contribution in [0.25, 0.3) is 0 Å². The Kier molecular flexibility index (Phi) is 9.30. The Morgan fingerprint density at radius 1 is 1.15 bits per heavy atom. The van der Waals surface area contributed by atoms with Gasteiger partial charge < -0.3 is 9.47 Å². The number of esters is 2. The van der Waals surface area contributed by atoms with Crippen molar-refractivity contribution < 1.29 is 19.1 Å². The summed E-state index contributed by atoms with van der Waals surface area (Å²) in [5.74, 6) is -0.318.